The summed E-state index contributed by atoms with van der Waals surface area (Å²) in [5, 5.41) is 9.51. The molecule has 0 saturated heterocycles. The number of aliphatic carboxylic acids is 1. The molecule has 0 fully saturated rings. The molecule has 0 aromatic heterocycles. The summed E-state index contributed by atoms with van der Waals surface area (Å²) in [7, 11) is 0. The topological polar surface area (TPSA) is 37.3 Å². The zero-order valence-electron chi connectivity index (χ0n) is 14.1. The summed E-state index contributed by atoms with van der Waals surface area (Å²) in [5.41, 5.74) is 3.22. The van der Waals surface area contributed by atoms with Gasteiger partial charge in [0.05, 0.1) is 5.92 Å². The Morgan fingerprint density at radius 2 is 1.74 bits per heavy atom. The van der Waals surface area contributed by atoms with Gasteiger partial charge in [0, 0.05) is 0 Å². The maximum Gasteiger partial charge on any atom is 0.311 e. The van der Waals surface area contributed by atoms with Crippen LogP contribution in [-0.2, 0) is 16.6 Å². The maximum atomic E-state index is 13.7. The summed E-state index contributed by atoms with van der Waals surface area (Å²) >= 11 is 0. The highest BCUT2D eigenvalue weighted by atomic mass is 19.1. The van der Waals surface area contributed by atoms with Gasteiger partial charge in [-0.15, -0.1) is 0 Å². The molecule has 2 nitrogen and oxygen atoms in total. The lowest BCUT2D eigenvalue weighted by atomic mass is 9.85. The van der Waals surface area contributed by atoms with Gasteiger partial charge in [0.2, 0.25) is 0 Å². The monoisotopic (exact) mass is 314 g/mol. The van der Waals surface area contributed by atoms with Gasteiger partial charge in [0.1, 0.15) is 5.82 Å². The molecule has 0 bridgehead atoms. The van der Waals surface area contributed by atoms with Gasteiger partial charge in [0.25, 0.3) is 0 Å². The van der Waals surface area contributed by atoms with E-state index in [9.17, 15) is 14.3 Å². The Morgan fingerprint density at radius 1 is 1.13 bits per heavy atom. The molecule has 1 atom stereocenters. The quantitative estimate of drug-likeness (QED) is 0.876. The van der Waals surface area contributed by atoms with Gasteiger partial charge in [0.15, 0.2) is 0 Å². The normalized spacial score (nSPS) is 12.9. The lowest BCUT2D eigenvalue weighted by Gasteiger charge is -2.20. The predicted molar refractivity (Wildman–Crippen MR) is 90.4 cm³/mol. The first-order valence-corrected chi connectivity index (χ1v) is 7.77. The molecule has 1 N–H and O–H groups in total. The van der Waals surface area contributed by atoms with Crippen LogP contribution in [0.3, 0.4) is 0 Å². The highest BCUT2D eigenvalue weighted by molar-refractivity contribution is 5.76. The Hall–Kier alpha value is -2.16. The van der Waals surface area contributed by atoms with Gasteiger partial charge in [-0.25, -0.2) is 4.39 Å². The van der Waals surface area contributed by atoms with Crippen LogP contribution in [0.2, 0.25) is 0 Å². The van der Waals surface area contributed by atoms with E-state index in [4.69, 9.17) is 0 Å². The van der Waals surface area contributed by atoms with E-state index in [2.05, 4.69) is 20.8 Å². The summed E-state index contributed by atoms with van der Waals surface area (Å²) in [4.78, 5) is 11.6. The van der Waals surface area contributed by atoms with Crippen LogP contribution in [0.25, 0.3) is 0 Å². The molecule has 2 aromatic carbocycles. The molecule has 2 rings (SSSR count). The summed E-state index contributed by atoms with van der Waals surface area (Å²) in [6, 6.07) is 12.6. The van der Waals surface area contributed by atoms with Gasteiger partial charge in [-0.1, -0.05) is 57.2 Å². The molecule has 0 aliphatic carbocycles. The number of hydrogen-bond donors (Lipinski definition) is 1. The number of rotatable bonds is 4. The van der Waals surface area contributed by atoms with Gasteiger partial charge < -0.3 is 5.11 Å². The highest BCUT2D eigenvalue weighted by Gasteiger charge is 2.22. The number of benzene rings is 2. The minimum Gasteiger partial charge on any atom is -0.481 e. The lowest BCUT2D eigenvalue weighted by Crippen LogP contribution is -2.15. The van der Waals surface area contributed by atoms with E-state index in [1.54, 1.807) is 19.1 Å². The fourth-order valence-electron chi connectivity index (χ4n) is 2.55. The average molecular weight is 314 g/mol. The minimum atomic E-state index is -0.937. The third kappa shape index (κ3) is 4.19. The van der Waals surface area contributed by atoms with E-state index in [1.165, 1.54) is 11.6 Å². The van der Waals surface area contributed by atoms with Crippen molar-refractivity contribution in [3.8, 4) is 0 Å². The van der Waals surface area contributed by atoms with Crippen LogP contribution >= 0.6 is 0 Å². The third-order valence-electron chi connectivity index (χ3n) is 4.16. The van der Waals surface area contributed by atoms with Crippen LogP contribution in [0.15, 0.2) is 42.5 Å². The molecule has 3 heteroatoms. The predicted octanol–water partition coefficient (Wildman–Crippen LogP) is 4.84. The van der Waals surface area contributed by atoms with Crippen LogP contribution in [-0.4, -0.2) is 11.1 Å². The van der Waals surface area contributed by atoms with Gasteiger partial charge in [-0.05, 0) is 47.1 Å². The Labute approximate surface area is 137 Å². The minimum absolute atomic E-state index is 0.0603. The first-order chi connectivity index (χ1) is 10.7. The van der Waals surface area contributed by atoms with Crippen LogP contribution in [0.1, 0.15) is 48.9 Å². The van der Waals surface area contributed by atoms with Crippen molar-refractivity contribution >= 4 is 5.97 Å². The Balaban J connectivity index is 2.26. The third-order valence-corrected chi connectivity index (χ3v) is 4.16. The largest absolute Gasteiger partial charge is 0.481 e. The van der Waals surface area contributed by atoms with Gasteiger partial charge in [-0.2, -0.15) is 0 Å². The summed E-state index contributed by atoms with van der Waals surface area (Å²) in [6.07, 6.45) is 0.349. The first kappa shape index (κ1) is 17.2. The second kappa shape index (κ2) is 6.53. The van der Waals surface area contributed by atoms with Crippen molar-refractivity contribution in [3.63, 3.8) is 0 Å². The van der Waals surface area contributed by atoms with E-state index >= 15 is 0 Å². The van der Waals surface area contributed by atoms with Crippen LogP contribution in [0, 0.1) is 12.7 Å². The Kier molecular flexibility index (Phi) is 4.88. The zero-order chi connectivity index (χ0) is 17.2. The van der Waals surface area contributed by atoms with E-state index < -0.39 is 11.9 Å². The molecule has 0 aliphatic rings. The second-order valence-corrected chi connectivity index (χ2v) is 7.05. The second-order valence-electron chi connectivity index (χ2n) is 7.05. The van der Waals surface area contributed by atoms with Gasteiger partial charge in [-0.3, -0.25) is 4.79 Å². The van der Waals surface area contributed by atoms with E-state index in [1.807, 2.05) is 24.3 Å². The zero-order valence-corrected chi connectivity index (χ0v) is 14.1. The Bertz CT molecular complexity index is 697. The van der Waals surface area contributed by atoms with Crippen molar-refractivity contribution in [1.82, 2.24) is 0 Å². The molecule has 1 unspecified atom stereocenters. The molecular weight excluding hydrogens is 291 g/mol. The molecule has 0 radical (unpaired) electrons. The molecule has 122 valence electrons. The smallest absolute Gasteiger partial charge is 0.311 e. The van der Waals surface area contributed by atoms with E-state index in [0.717, 1.165) is 5.56 Å². The standard InChI is InChI=1S/C20H23FO2/c1-13-5-8-15(12-18(13)21)17(19(22)23)11-14-6-9-16(10-7-14)20(2,3)4/h5-10,12,17H,11H2,1-4H3,(H,22,23). The number of carboxylic acid groups (broad SMARTS) is 1. The molecule has 0 saturated carbocycles. The number of halogens is 1. The van der Waals surface area contributed by atoms with Crippen molar-refractivity contribution in [1.29, 1.82) is 0 Å². The molecule has 0 heterocycles. The molecule has 0 aliphatic heterocycles. The summed E-state index contributed by atoms with van der Waals surface area (Å²) in [5.74, 6) is -2.05. The first-order valence-electron chi connectivity index (χ1n) is 7.77. The molecule has 2 aromatic rings. The summed E-state index contributed by atoms with van der Waals surface area (Å²) in [6.45, 7) is 8.07. The number of hydrogen-bond acceptors (Lipinski definition) is 1. The SMILES string of the molecule is Cc1ccc(C(Cc2ccc(C(C)(C)C)cc2)C(=O)O)cc1F. The van der Waals surface area contributed by atoms with Crippen molar-refractivity contribution in [2.45, 2.75) is 45.4 Å². The van der Waals surface area contributed by atoms with Crippen molar-refractivity contribution in [3.05, 3.63) is 70.5 Å². The number of carboxylic acids is 1. The van der Waals surface area contributed by atoms with Crippen LogP contribution < -0.4 is 0 Å². The number of aryl methyl sites for hydroxylation is 1. The average Bonchev–Trinajstić information content (AvgIpc) is 2.47. The van der Waals surface area contributed by atoms with Crippen molar-refractivity contribution < 1.29 is 14.3 Å². The Morgan fingerprint density at radius 3 is 2.22 bits per heavy atom. The molecular formula is C20H23FO2. The summed E-state index contributed by atoms with van der Waals surface area (Å²) < 4.78 is 13.7. The van der Waals surface area contributed by atoms with Gasteiger partial charge >= 0.3 is 5.97 Å². The van der Waals surface area contributed by atoms with Crippen molar-refractivity contribution in [2.75, 3.05) is 0 Å². The maximum absolute atomic E-state index is 13.7. The van der Waals surface area contributed by atoms with Crippen LogP contribution in [0.4, 0.5) is 4.39 Å². The highest BCUT2D eigenvalue weighted by Crippen LogP contribution is 2.26. The van der Waals surface area contributed by atoms with E-state index in [0.29, 0.717) is 17.5 Å². The molecule has 0 amide bonds. The fraction of sp³-hybridized carbons (Fsp3) is 0.350. The molecule has 23 heavy (non-hydrogen) atoms. The van der Waals surface area contributed by atoms with E-state index in [-0.39, 0.29) is 11.2 Å². The van der Waals surface area contributed by atoms with Crippen molar-refractivity contribution in [2.24, 2.45) is 0 Å². The fourth-order valence-corrected chi connectivity index (χ4v) is 2.55. The van der Waals surface area contributed by atoms with Crippen LogP contribution in [0.5, 0.6) is 0 Å². The lowest BCUT2D eigenvalue weighted by molar-refractivity contribution is -0.138. The molecule has 0 spiro atoms. The number of carbonyl (C=O) groups is 1.